The zero-order chi connectivity index (χ0) is 17.3. The van der Waals surface area contributed by atoms with Crippen molar-refractivity contribution < 1.29 is 10.3 Å². The summed E-state index contributed by atoms with van der Waals surface area (Å²) in [6.45, 7) is -5.22. The molecule has 0 spiro atoms. The average Bonchev–Trinajstić information content (AvgIpc) is 3.09. The number of hydrogen-bond acceptors (Lipinski definition) is 5. The van der Waals surface area contributed by atoms with Crippen molar-refractivity contribution in [2.75, 3.05) is 6.50 Å². The van der Waals surface area contributed by atoms with Crippen molar-refractivity contribution in [3.05, 3.63) is 29.2 Å². The molecule has 0 saturated carbocycles. The van der Waals surface area contributed by atoms with Crippen molar-refractivity contribution in [2.24, 2.45) is 0 Å². The van der Waals surface area contributed by atoms with Crippen molar-refractivity contribution in [1.82, 2.24) is 24.5 Å². The van der Waals surface area contributed by atoms with Gasteiger partial charge in [0.15, 0.2) is 0 Å². The Hall–Kier alpha value is -1.99. The van der Waals surface area contributed by atoms with Gasteiger partial charge in [-0.05, 0) is 17.6 Å². The number of rotatable bonds is 1. The summed E-state index contributed by atoms with van der Waals surface area (Å²) in [5.41, 5.74) is 1.14. The lowest BCUT2D eigenvalue weighted by Gasteiger charge is -2.13. The van der Waals surface area contributed by atoms with Gasteiger partial charge in [-0.25, -0.2) is 0 Å². The Morgan fingerprint density at radius 1 is 1.55 bits per heavy atom. The summed E-state index contributed by atoms with van der Waals surface area (Å²) < 4.78 is 36.9. The van der Waals surface area contributed by atoms with E-state index in [1.54, 1.807) is 12.3 Å². The van der Waals surface area contributed by atoms with E-state index in [2.05, 4.69) is 14.5 Å². The van der Waals surface area contributed by atoms with Crippen LogP contribution in [0.1, 0.15) is 16.0 Å². The molecule has 0 saturated heterocycles. The number of aromatic nitrogens is 4. The first kappa shape index (κ1) is 8.33. The normalized spacial score (nSPS) is 22.4. The molecule has 1 aliphatic heterocycles. The second kappa shape index (κ2) is 4.26. The molecule has 0 atom stereocenters. The van der Waals surface area contributed by atoms with E-state index in [0.29, 0.717) is 20.5 Å². The van der Waals surface area contributed by atoms with Gasteiger partial charge in [-0.2, -0.15) is 9.47 Å². The molecule has 8 heteroatoms. The van der Waals surface area contributed by atoms with E-state index in [9.17, 15) is 4.79 Å². The van der Waals surface area contributed by atoms with Gasteiger partial charge in [0.2, 0.25) is 0 Å². The number of carbonyl (C=O) groups is 1. The third-order valence-electron chi connectivity index (χ3n) is 2.89. The summed E-state index contributed by atoms with van der Waals surface area (Å²) in [7, 11) is 0. The molecule has 100 valence electrons. The predicted molar refractivity (Wildman–Crippen MR) is 76.0 cm³/mol. The number of hydrogen-bond donors (Lipinski definition) is 1. The van der Waals surface area contributed by atoms with Crippen molar-refractivity contribution in [3.8, 4) is 11.3 Å². The Morgan fingerprint density at radius 2 is 2.45 bits per heavy atom. The highest BCUT2D eigenvalue weighted by Gasteiger charge is 2.26. The summed E-state index contributed by atoms with van der Waals surface area (Å²) in [6.07, 6.45) is 3.12. The summed E-state index contributed by atoms with van der Waals surface area (Å²) in [4.78, 5) is 16.3. The van der Waals surface area contributed by atoms with Gasteiger partial charge in [0, 0.05) is 18.3 Å². The molecule has 0 radical (unpaired) electrons. The van der Waals surface area contributed by atoms with E-state index in [-0.39, 0.29) is 16.4 Å². The molecule has 3 aromatic rings. The van der Waals surface area contributed by atoms with Crippen molar-refractivity contribution in [2.45, 2.75) is 6.50 Å². The van der Waals surface area contributed by atoms with Crippen LogP contribution in [0.5, 0.6) is 0 Å². The molecule has 20 heavy (non-hydrogen) atoms. The zero-order valence-corrected chi connectivity index (χ0v) is 11.3. The molecule has 4 rings (SSSR count). The third-order valence-corrected chi connectivity index (χ3v) is 4.07. The fourth-order valence-corrected chi connectivity index (χ4v) is 3.04. The van der Waals surface area contributed by atoms with Crippen LogP contribution in [0.3, 0.4) is 0 Å². The Labute approximate surface area is 128 Å². The van der Waals surface area contributed by atoms with Gasteiger partial charge in [0.05, 0.1) is 27.9 Å². The molecule has 0 bridgehead atoms. The first-order chi connectivity index (χ1) is 11.2. The Bertz CT molecular complexity index is 1000. The molecule has 3 aromatic heterocycles. The summed E-state index contributed by atoms with van der Waals surface area (Å²) >= 11 is 7.47. The lowest BCUT2D eigenvalue weighted by Crippen LogP contribution is -2.35. The fourth-order valence-electron chi connectivity index (χ4n) is 2.01. The van der Waals surface area contributed by atoms with E-state index in [0.717, 1.165) is 0 Å². The van der Waals surface area contributed by atoms with Crippen LogP contribution in [-0.4, -0.2) is 31.5 Å². The lowest BCUT2D eigenvalue weighted by molar-refractivity contribution is 0.0924. The lowest BCUT2D eigenvalue weighted by atomic mass is 10.1. The van der Waals surface area contributed by atoms with Gasteiger partial charge in [0.25, 0.3) is 5.91 Å². The largest absolute Gasteiger partial charge is 0.349 e. The minimum atomic E-state index is -2.62. The first-order valence-corrected chi connectivity index (χ1v) is 6.70. The fraction of sp³-hybridized carbons (Fsp3) is 0.167. The monoisotopic (exact) mass is 309 g/mol. The molecule has 1 aliphatic rings. The van der Waals surface area contributed by atoms with Gasteiger partial charge in [0.1, 0.15) is 16.9 Å². The number of halogens is 1. The molecule has 1 N–H and O–H groups in total. The highest BCUT2D eigenvalue weighted by molar-refractivity contribution is 7.13. The van der Waals surface area contributed by atoms with Gasteiger partial charge in [-0.15, -0.1) is 0 Å². The minimum absolute atomic E-state index is 0.0484. The SMILES string of the molecule is [2H]C1([2H])NC(=O)c2c(Cl)c(-c3ccnc4cnsc34)nn2C1([2H])[2H]. The van der Waals surface area contributed by atoms with Crippen LogP contribution in [-0.2, 0) is 6.50 Å². The van der Waals surface area contributed by atoms with Gasteiger partial charge >= 0.3 is 0 Å². The molecule has 0 aromatic carbocycles. The number of nitrogens with one attached hydrogen (secondary N) is 1. The highest BCUT2D eigenvalue weighted by Crippen LogP contribution is 2.35. The Balaban J connectivity index is 2.02. The van der Waals surface area contributed by atoms with E-state index in [1.807, 2.05) is 5.32 Å². The van der Waals surface area contributed by atoms with Crippen molar-refractivity contribution >= 4 is 39.3 Å². The van der Waals surface area contributed by atoms with Crippen LogP contribution in [0.4, 0.5) is 0 Å². The Morgan fingerprint density at radius 3 is 3.35 bits per heavy atom. The van der Waals surface area contributed by atoms with Crippen LogP contribution in [0.2, 0.25) is 5.02 Å². The van der Waals surface area contributed by atoms with E-state index >= 15 is 0 Å². The summed E-state index contributed by atoms with van der Waals surface area (Å²) in [6, 6.07) is 1.64. The van der Waals surface area contributed by atoms with Crippen LogP contribution in [0, 0.1) is 0 Å². The first-order valence-electron chi connectivity index (χ1n) is 7.55. The number of aryl methyl sites for hydroxylation is 1. The molecule has 0 aliphatic carbocycles. The Kier molecular flexibility index (Phi) is 1.77. The van der Waals surface area contributed by atoms with Crippen LogP contribution in [0.15, 0.2) is 18.5 Å². The van der Waals surface area contributed by atoms with E-state index < -0.39 is 18.9 Å². The smallest absolute Gasteiger partial charge is 0.271 e. The maximum Gasteiger partial charge on any atom is 0.271 e. The number of fused-ring (bicyclic) bond motifs is 2. The maximum atomic E-state index is 12.2. The minimum Gasteiger partial charge on any atom is -0.349 e. The van der Waals surface area contributed by atoms with Crippen molar-refractivity contribution in [3.63, 3.8) is 0 Å². The standard InChI is InChI=1S/C12H8ClN5OS/c13-8-9(17-18-4-3-15-12(19)10(8)18)6-1-2-14-7-5-16-20-11(6)7/h1-2,5H,3-4H2,(H,15,19)/i3D2,4D2. The van der Waals surface area contributed by atoms with Crippen LogP contribution >= 0.6 is 23.1 Å². The number of amides is 1. The highest BCUT2D eigenvalue weighted by atomic mass is 35.5. The average molecular weight is 310 g/mol. The topological polar surface area (TPSA) is 72.7 Å². The zero-order valence-electron chi connectivity index (χ0n) is 13.7. The molecular weight excluding hydrogens is 298 g/mol. The second-order valence-electron chi connectivity index (χ2n) is 4.01. The van der Waals surface area contributed by atoms with Gasteiger partial charge in [-0.1, -0.05) is 11.6 Å². The van der Waals surface area contributed by atoms with Crippen LogP contribution in [0.25, 0.3) is 21.5 Å². The molecular formula is C12H8ClN5OS. The second-order valence-corrected chi connectivity index (χ2v) is 5.19. The molecule has 0 fully saturated rings. The number of nitrogens with zero attached hydrogens (tertiary/aromatic N) is 4. The molecule has 4 heterocycles. The molecule has 0 unspecified atom stereocenters. The number of carbonyl (C=O) groups excluding carboxylic acids is 1. The number of pyridine rings is 1. The molecule has 1 amide bonds. The molecule has 6 nitrogen and oxygen atoms in total. The quantitative estimate of drug-likeness (QED) is 0.745. The van der Waals surface area contributed by atoms with Crippen molar-refractivity contribution in [1.29, 1.82) is 0 Å². The predicted octanol–water partition coefficient (Wildman–Crippen LogP) is 1.95. The van der Waals surface area contributed by atoms with Crippen LogP contribution < -0.4 is 5.32 Å². The van der Waals surface area contributed by atoms with Gasteiger partial charge < -0.3 is 5.32 Å². The maximum absolute atomic E-state index is 12.2. The van der Waals surface area contributed by atoms with E-state index in [1.165, 1.54) is 17.7 Å². The van der Waals surface area contributed by atoms with E-state index in [4.69, 9.17) is 17.1 Å². The summed E-state index contributed by atoms with van der Waals surface area (Å²) in [5.74, 6) is -0.825. The third kappa shape index (κ3) is 1.56. The summed E-state index contributed by atoms with van der Waals surface area (Å²) in [5, 5.41) is 6.05. The van der Waals surface area contributed by atoms with Gasteiger partial charge in [-0.3, -0.25) is 14.5 Å².